The molecule has 0 heterocycles. The molecule has 0 atom stereocenters. The summed E-state index contributed by atoms with van der Waals surface area (Å²) in [6, 6.07) is 0. The van der Waals surface area contributed by atoms with Crippen LogP contribution in [0.15, 0.2) is 0 Å². The van der Waals surface area contributed by atoms with Gasteiger partial charge in [-0.2, -0.15) is 0 Å². The molecule has 0 radical (unpaired) electrons. The van der Waals surface area contributed by atoms with E-state index >= 15 is 0 Å². The van der Waals surface area contributed by atoms with Gasteiger partial charge in [0.05, 0.1) is 0 Å². The molecule has 3 nitrogen and oxygen atoms in total. The molecule has 0 aliphatic carbocycles. The predicted octanol–water partition coefficient (Wildman–Crippen LogP) is -1.27. The first-order chi connectivity index (χ1) is 3.35. The van der Waals surface area contributed by atoms with Crippen LogP contribution in [-0.4, -0.2) is 57.4 Å². The third-order valence-electron chi connectivity index (χ3n) is 0.577. The third-order valence-corrected chi connectivity index (χ3v) is 1.73. The van der Waals surface area contributed by atoms with Crippen LogP contribution >= 0.6 is 0 Å². The molecule has 0 aliphatic rings. The Morgan fingerprint density at radius 2 is 1.12 bits per heavy atom. The van der Waals surface area contributed by atoms with E-state index in [0.717, 1.165) is 0 Å². The van der Waals surface area contributed by atoms with Crippen LogP contribution in [0.5, 0.6) is 0 Å². The van der Waals surface area contributed by atoms with Gasteiger partial charge in [-0.3, -0.25) is 0 Å². The van der Waals surface area contributed by atoms with Gasteiger partial charge in [-0.15, -0.1) is 0 Å². The SMILES string of the molecule is CO[SiH](OC)OC.[PoH2]. The molecule has 8 heavy (non-hydrogen) atoms. The predicted molar refractivity (Wildman–Crippen MR) is 36.7 cm³/mol. The van der Waals surface area contributed by atoms with Crippen molar-refractivity contribution in [2.24, 2.45) is 0 Å². The molecule has 0 saturated heterocycles. The van der Waals surface area contributed by atoms with Gasteiger partial charge in [0.15, 0.2) is 0 Å². The fraction of sp³-hybridized carbons (Fsp3) is 1.00. The zero-order chi connectivity index (χ0) is 5.70. The molecule has 0 fully saturated rings. The van der Waals surface area contributed by atoms with Crippen molar-refractivity contribution in [3.8, 4) is 0 Å². The summed E-state index contributed by atoms with van der Waals surface area (Å²) in [7, 11) is 3.05. The minimum absolute atomic E-state index is 0. The van der Waals surface area contributed by atoms with Crippen molar-refractivity contribution in [3.05, 3.63) is 0 Å². The van der Waals surface area contributed by atoms with Gasteiger partial charge in [-0.1, -0.05) is 0 Å². The van der Waals surface area contributed by atoms with E-state index in [1.807, 2.05) is 0 Å². The molecule has 0 spiro atoms. The second-order valence-corrected chi connectivity index (χ2v) is 2.99. The summed E-state index contributed by atoms with van der Waals surface area (Å²) < 4.78 is 14.2. The molecule has 52 valence electrons. The van der Waals surface area contributed by atoms with E-state index in [0.29, 0.717) is 0 Å². The van der Waals surface area contributed by atoms with Crippen molar-refractivity contribution in [1.29, 1.82) is 0 Å². The van der Waals surface area contributed by atoms with Crippen molar-refractivity contribution in [2.45, 2.75) is 0 Å². The molecule has 0 bridgehead atoms. The monoisotopic (exact) mass is 333 g/mol. The van der Waals surface area contributed by atoms with E-state index < -0.39 is 9.53 Å². The van der Waals surface area contributed by atoms with Crippen LogP contribution in [-0.2, 0) is 13.3 Å². The molecule has 0 unspecified atom stereocenters. The van der Waals surface area contributed by atoms with Crippen LogP contribution in [0, 0.1) is 0 Å². The topological polar surface area (TPSA) is 27.7 Å². The van der Waals surface area contributed by atoms with Gasteiger partial charge in [0, 0.05) is 21.3 Å². The van der Waals surface area contributed by atoms with Gasteiger partial charge < -0.3 is 13.3 Å². The van der Waals surface area contributed by atoms with Crippen molar-refractivity contribution in [2.75, 3.05) is 21.3 Å². The summed E-state index contributed by atoms with van der Waals surface area (Å²) in [5.74, 6) is 0. The maximum absolute atomic E-state index is 4.74. The summed E-state index contributed by atoms with van der Waals surface area (Å²) in [4.78, 5) is 0. The molecule has 0 rings (SSSR count). The minimum atomic E-state index is -1.67. The number of hydrogen-bond acceptors (Lipinski definition) is 3. The Hall–Kier alpha value is 0.993. The second kappa shape index (κ2) is 7.99. The molecule has 5 heteroatoms. The Morgan fingerprint density at radius 1 is 0.875 bits per heavy atom. The van der Waals surface area contributed by atoms with Crippen molar-refractivity contribution in [3.63, 3.8) is 0 Å². The Labute approximate surface area is 70.7 Å². The Kier molecular flexibility index (Phi) is 11.7. The summed E-state index contributed by atoms with van der Waals surface area (Å²) in [6.45, 7) is 0. The van der Waals surface area contributed by atoms with E-state index in [2.05, 4.69) is 0 Å². The van der Waals surface area contributed by atoms with Crippen LogP contribution in [0.4, 0.5) is 0 Å². The standard InChI is InChI=1S/C3H10O3Si.Po.2H/c1-4-7(5-2)6-3;;;/h7H,1-3H3;;;. The summed E-state index contributed by atoms with van der Waals surface area (Å²) in [5, 5.41) is 0. The molecule has 0 amide bonds. The van der Waals surface area contributed by atoms with Gasteiger partial charge in [0.25, 0.3) is 0 Å². The van der Waals surface area contributed by atoms with Crippen molar-refractivity contribution in [1.82, 2.24) is 0 Å². The number of hydrogen-bond donors (Lipinski definition) is 0. The van der Waals surface area contributed by atoms with Crippen LogP contribution in [0.2, 0.25) is 0 Å². The molecule has 0 aromatic carbocycles. The van der Waals surface area contributed by atoms with Crippen molar-refractivity contribution >= 4 is 36.1 Å². The molecular weight excluding hydrogens is 321 g/mol. The summed E-state index contributed by atoms with van der Waals surface area (Å²) >= 11 is 0. The first kappa shape index (κ1) is 11.7. The number of rotatable bonds is 3. The van der Waals surface area contributed by atoms with Crippen LogP contribution < -0.4 is 0 Å². The van der Waals surface area contributed by atoms with E-state index in [1.54, 1.807) is 21.3 Å². The molecule has 0 N–H and O–H groups in total. The molecule has 0 aliphatic heterocycles. The van der Waals surface area contributed by atoms with Gasteiger partial charge in [0.1, 0.15) is 0 Å². The quantitative estimate of drug-likeness (QED) is 0.603. The molecule has 0 saturated carbocycles. The molecular formula is C3H12O3PoSi. The first-order valence-corrected chi connectivity index (χ1v) is 3.35. The van der Waals surface area contributed by atoms with E-state index in [-0.39, 0.29) is 26.6 Å². The van der Waals surface area contributed by atoms with Gasteiger partial charge in [-0.05, 0) is 0 Å². The van der Waals surface area contributed by atoms with Crippen LogP contribution in [0.25, 0.3) is 0 Å². The van der Waals surface area contributed by atoms with E-state index in [4.69, 9.17) is 13.3 Å². The zero-order valence-corrected chi connectivity index (χ0v) is 10.3. The van der Waals surface area contributed by atoms with Crippen LogP contribution in [0.1, 0.15) is 0 Å². The first-order valence-electron chi connectivity index (χ1n) is 1.93. The molecule has 0 aromatic heterocycles. The Balaban J connectivity index is 0. The molecule has 0 aromatic rings. The Morgan fingerprint density at radius 3 is 1.12 bits per heavy atom. The summed E-state index contributed by atoms with van der Waals surface area (Å²) in [6.07, 6.45) is 0. The average molecular weight is 333 g/mol. The zero-order valence-electron chi connectivity index (χ0n) is 5.30. The van der Waals surface area contributed by atoms with Gasteiger partial charge in [0.2, 0.25) is 0 Å². The fourth-order valence-electron chi connectivity index (χ4n) is 0.289. The Bertz CT molecular complexity index is 36.0. The van der Waals surface area contributed by atoms with E-state index in [9.17, 15) is 0 Å². The maximum atomic E-state index is 4.74. The van der Waals surface area contributed by atoms with Gasteiger partial charge >= 0.3 is 36.1 Å². The van der Waals surface area contributed by atoms with Gasteiger partial charge in [-0.25, -0.2) is 0 Å². The van der Waals surface area contributed by atoms with Crippen molar-refractivity contribution < 1.29 is 13.3 Å². The van der Waals surface area contributed by atoms with Crippen LogP contribution in [0.3, 0.4) is 0 Å². The summed E-state index contributed by atoms with van der Waals surface area (Å²) in [5.41, 5.74) is 0. The average Bonchev–Trinajstić information content (AvgIpc) is 1.72. The van der Waals surface area contributed by atoms with E-state index in [1.165, 1.54) is 0 Å². The third kappa shape index (κ3) is 5.14. The normalized spacial score (nSPS) is 9.00. The second-order valence-electron chi connectivity index (χ2n) is 0.996. The fourth-order valence-corrected chi connectivity index (χ4v) is 0.866.